The molecule has 0 amide bonds. The SMILES string of the molecule is CCCCCCOC(=O)CCCCC(CN(CCCCC(=O)OC(C)(C)C)CC(CCCCC(=O)OCC(CC)CC)O[Si](C)(C)C(C)(C)C)O[Si](C)(C)C(C)(C)C. The predicted molar refractivity (Wildman–Crippen MR) is 247 cm³/mol. The molecule has 9 nitrogen and oxygen atoms in total. The third-order valence-electron chi connectivity index (χ3n) is 12.2. The van der Waals surface area contributed by atoms with Crippen molar-refractivity contribution >= 4 is 34.5 Å². The zero-order chi connectivity index (χ0) is 44.6. The number of ether oxygens (including phenoxy) is 3. The zero-order valence-corrected chi connectivity index (χ0v) is 43.0. The van der Waals surface area contributed by atoms with Crippen molar-refractivity contribution in [2.45, 2.75) is 246 Å². The summed E-state index contributed by atoms with van der Waals surface area (Å²) >= 11 is 0. The number of rotatable bonds is 32. The third kappa shape index (κ3) is 26.8. The van der Waals surface area contributed by atoms with Crippen molar-refractivity contribution in [2.75, 3.05) is 32.8 Å². The van der Waals surface area contributed by atoms with Gasteiger partial charge in [0.25, 0.3) is 0 Å². The van der Waals surface area contributed by atoms with Gasteiger partial charge in [-0.25, -0.2) is 0 Å². The highest BCUT2D eigenvalue weighted by molar-refractivity contribution is 6.74. The Morgan fingerprint density at radius 3 is 1.43 bits per heavy atom. The molecule has 0 aliphatic rings. The van der Waals surface area contributed by atoms with Crippen LogP contribution >= 0.6 is 0 Å². The number of carbonyl (C=O) groups excluding carboxylic acids is 3. The molecule has 0 heterocycles. The Labute approximate surface area is 360 Å². The second-order valence-electron chi connectivity index (χ2n) is 20.9. The standard InChI is InChI=1S/C47H95NO8Si2/c1-17-20-21-28-35-52-42(49)31-24-22-29-40(55-57(13,14)46(7,8)9)36-48(34-27-26-33-44(51)54-45(4,5)6)37-41(56-58(15,16)47(10,11)12)30-23-25-32-43(50)53-38-39(18-2)19-3/h39-41H,17-38H2,1-16H3. The summed E-state index contributed by atoms with van der Waals surface area (Å²) in [7, 11) is -4.26. The van der Waals surface area contributed by atoms with Gasteiger partial charge >= 0.3 is 17.9 Å². The van der Waals surface area contributed by atoms with Crippen molar-refractivity contribution in [3.8, 4) is 0 Å². The van der Waals surface area contributed by atoms with Gasteiger partial charge in [-0.05, 0) is 114 Å². The fraction of sp³-hybridized carbons (Fsp3) is 0.936. The van der Waals surface area contributed by atoms with Crippen LogP contribution in [0.3, 0.4) is 0 Å². The van der Waals surface area contributed by atoms with E-state index in [-0.39, 0.29) is 40.2 Å². The maximum atomic E-state index is 12.6. The van der Waals surface area contributed by atoms with E-state index in [1.165, 1.54) is 6.42 Å². The van der Waals surface area contributed by atoms with Crippen molar-refractivity contribution in [1.82, 2.24) is 4.90 Å². The molecule has 0 radical (unpaired) electrons. The lowest BCUT2D eigenvalue weighted by Crippen LogP contribution is -2.50. The summed E-state index contributed by atoms with van der Waals surface area (Å²) < 4.78 is 31.2. The van der Waals surface area contributed by atoms with Crippen molar-refractivity contribution in [3.63, 3.8) is 0 Å². The van der Waals surface area contributed by atoms with Crippen molar-refractivity contribution in [1.29, 1.82) is 0 Å². The number of hydrogen-bond acceptors (Lipinski definition) is 9. The normalized spacial score (nSPS) is 14.2. The Hall–Kier alpha value is -1.28. The largest absolute Gasteiger partial charge is 0.466 e. The molecule has 0 saturated heterocycles. The first kappa shape index (κ1) is 56.7. The molecule has 0 bridgehead atoms. The highest BCUT2D eigenvalue weighted by atomic mass is 28.4. The molecule has 0 aromatic rings. The Balaban J connectivity index is 6.19. The molecule has 58 heavy (non-hydrogen) atoms. The molecule has 0 rings (SSSR count). The number of nitrogens with zero attached hydrogens (tertiary/aromatic N) is 1. The molecule has 0 N–H and O–H groups in total. The van der Waals surface area contributed by atoms with E-state index in [0.29, 0.717) is 38.4 Å². The van der Waals surface area contributed by atoms with E-state index in [1.807, 2.05) is 20.8 Å². The lowest BCUT2D eigenvalue weighted by molar-refractivity contribution is -0.155. The molecule has 0 spiro atoms. The molecule has 344 valence electrons. The molecule has 0 saturated carbocycles. The van der Waals surface area contributed by atoms with Crippen LogP contribution in [0.5, 0.6) is 0 Å². The van der Waals surface area contributed by atoms with Crippen LogP contribution in [0.1, 0.15) is 192 Å². The summed E-state index contributed by atoms with van der Waals surface area (Å²) in [4.78, 5) is 40.3. The fourth-order valence-electron chi connectivity index (χ4n) is 6.27. The van der Waals surface area contributed by atoms with Gasteiger partial charge in [0.1, 0.15) is 5.60 Å². The van der Waals surface area contributed by atoms with Gasteiger partial charge in [0.15, 0.2) is 16.6 Å². The molecule has 11 heteroatoms. The topological polar surface area (TPSA) is 101 Å². The lowest BCUT2D eigenvalue weighted by Gasteiger charge is -2.42. The van der Waals surface area contributed by atoms with Crippen LogP contribution in [0.4, 0.5) is 0 Å². The Bertz CT molecular complexity index is 1120. The third-order valence-corrected chi connectivity index (χ3v) is 21.3. The minimum atomic E-state index is -2.13. The summed E-state index contributed by atoms with van der Waals surface area (Å²) in [6.45, 7) is 38.5. The van der Waals surface area contributed by atoms with Gasteiger partial charge in [-0.3, -0.25) is 19.3 Å². The first-order chi connectivity index (χ1) is 26.8. The van der Waals surface area contributed by atoms with Crippen LogP contribution in [0.15, 0.2) is 0 Å². The van der Waals surface area contributed by atoms with E-state index < -0.39 is 22.2 Å². The molecule has 0 aromatic heterocycles. The van der Waals surface area contributed by atoms with E-state index in [9.17, 15) is 14.4 Å². The van der Waals surface area contributed by atoms with Gasteiger partial charge in [0.2, 0.25) is 0 Å². The highest BCUT2D eigenvalue weighted by Crippen LogP contribution is 2.39. The monoisotopic (exact) mass is 858 g/mol. The summed E-state index contributed by atoms with van der Waals surface area (Å²) in [5.41, 5.74) is -0.499. The minimum absolute atomic E-state index is 0.00447. The average molecular weight is 858 g/mol. The molecule has 0 aliphatic heterocycles. The predicted octanol–water partition coefficient (Wildman–Crippen LogP) is 12.8. The summed E-state index contributed by atoms with van der Waals surface area (Å²) in [5.74, 6) is 0.0592. The average Bonchev–Trinajstić information content (AvgIpc) is 3.08. The molecule has 0 aliphatic carbocycles. The van der Waals surface area contributed by atoms with E-state index in [1.54, 1.807) is 0 Å². The quantitative estimate of drug-likeness (QED) is 0.0283. The van der Waals surface area contributed by atoms with Gasteiger partial charge in [-0.2, -0.15) is 0 Å². The Morgan fingerprint density at radius 2 is 1.00 bits per heavy atom. The summed E-state index contributed by atoms with van der Waals surface area (Å²) in [6.07, 6.45) is 14.3. The lowest BCUT2D eigenvalue weighted by atomic mass is 10.1. The van der Waals surface area contributed by atoms with Gasteiger partial charge in [0, 0.05) is 32.4 Å². The van der Waals surface area contributed by atoms with Gasteiger partial charge in [-0.15, -0.1) is 0 Å². The van der Waals surface area contributed by atoms with Crippen LogP contribution in [0.2, 0.25) is 36.3 Å². The van der Waals surface area contributed by atoms with Crippen molar-refractivity contribution in [2.24, 2.45) is 5.92 Å². The maximum absolute atomic E-state index is 12.6. The van der Waals surface area contributed by atoms with Crippen LogP contribution in [-0.4, -0.2) is 90.1 Å². The van der Waals surface area contributed by atoms with Crippen LogP contribution < -0.4 is 0 Å². The Kier molecular flexibility index (Phi) is 27.7. The Morgan fingerprint density at radius 1 is 0.552 bits per heavy atom. The van der Waals surface area contributed by atoms with Gasteiger partial charge in [0.05, 0.1) is 25.4 Å². The number of esters is 3. The smallest absolute Gasteiger partial charge is 0.306 e. The van der Waals surface area contributed by atoms with Gasteiger partial charge < -0.3 is 23.1 Å². The number of hydrogen-bond donors (Lipinski definition) is 0. The van der Waals surface area contributed by atoms with Crippen molar-refractivity contribution in [3.05, 3.63) is 0 Å². The van der Waals surface area contributed by atoms with Crippen LogP contribution in [0, 0.1) is 5.92 Å². The van der Waals surface area contributed by atoms with E-state index in [4.69, 9.17) is 23.1 Å². The number of carbonyl (C=O) groups is 3. The second-order valence-corrected chi connectivity index (χ2v) is 30.5. The van der Waals surface area contributed by atoms with E-state index in [0.717, 1.165) is 103 Å². The molecule has 2 unspecified atom stereocenters. The first-order valence-corrected chi connectivity index (χ1v) is 29.2. The minimum Gasteiger partial charge on any atom is -0.466 e. The molecular formula is C47H95NO8Si2. The highest BCUT2D eigenvalue weighted by Gasteiger charge is 2.41. The number of unbranched alkanes of at least 4 members (excludes halogenated alkanes) is 6. The van der Waals surface area contributed by atoms with Crippen LogP contribution in [-0.2, 0) is 37.4 Å². The van der Waals surface area contributed by atoms with Gasteiger partial charge in [-0.1, -0.05) is 107 Å². The summed E-state index contributed by atoms with van der Waals surface area (Å²) in [5, 5.41) is 0.0984. The molecule has 0 aromatic carbocycles. The molecular weight excluding hydrogens is 763 g/mol. The van der Waals surface area contributed by atoms with E-state index >= 15 is 0 Å². The van der Waals surface area contributed by atoms with E-state index in [2.05, 4.69) is 93.4 Å². The van der Waals surface area contributed by atoms with Crippen molar-refractivity contribution < 1.29 is 37.4 Å². The van der Waals surface area contributed by atoms with Crippen LogP contribution in [0.25, 0.3) is 0 Å². The maximum Gasteiger partial charge on any atom is 0.306 e. The fourth-order valence-corrected chi connectivity index (χ4v) is 9.03. The second kappa shape index (κ2) is 28.3. The summed E-state index contributed by atoms with van der Waals surface area (Å²) in [6, 6.07) is 0. The zero-order valence-electron chi connectivity index (χ0n) is 41.0. The first-order valence-electron chi connectivity index (χ1n) is 23.4. The molecule has 2 atom stereocenters. The molecule has 0 fully saturated rings.